The Morgan fingerprint density at radius 3 is 2.39 bits per heavy atom. The molecule has 4 atom stereocenters. The highest BCUT2D eigenvalue weighted by atomic mass is 16.5. The number of carboxylic acids is 1. The van der Waals surface area contributed by atoms with E-state index in [0.29, 0.717) is 12.3 Å². The summed E-state index contributed by atoms with van der Waals surface area (Å²) in [7, 11) is 0. The summed E-state index contributed by atoms with van der Waals surface area (Å²) in [5.41, 5.74) is 4.25. The zero-order valence-electron chi connectivity index (χ0n) is 22.7. The maximum atomic E-state index is 10.8. The van der Waals surface area contributed by atoms with Gasteiger partial charge in [0.15, 0.2) is 0 Å². The first-order valence-electron chi connectivity index (χ1n) is 13.5. The van der Waals surface area contributed by atoms with Crippen LogP contribution < -0.4 is 5.11 Å². The van der Waals surface area contributed by atoms with Gasteiger partial charge in [-0.1, -0.05) is 71.1 Å². The van der Waals surface area contributed by atoms with Crippen LogP contribution in [0.2, 0.25) is 0 Å². The zero-order chi connectivity index (χ0) is 24.8. The maximum Gasteiger partial charge on any atom is 0.121 e. The van der Waals surface area contributed by atoms with Crippen molar-refractivity contribution in [2.75, 3.05) is 6.61 Å². The minimum absolute atomic E-state index is 0.355. The molecule has 4 unspecified atom stereocenters. The Morgan fingerprint density at radius 2 is 1.76 bits per heavy atom. The Morgan fingerprint density at radius 1 is 1.12 bits per heavy atom. The molecule has 1 aliphatic carbocycles. The van der Waals surface area contributed by atoms with E-state index in [9.17, 15) is 9.90 Å². The highest BCUT2D eigenvalue weighted by Crippen LogP contribution is 2.34. The van der Waals surface area contributed by atoms with Crippen molar-refractivity contribution < 1.29 is 14.6 Å². The molecule has 33 heavy (non-hydrogen) atoms. The first-order chi connectivity index (χ1) is 15.6. The molecule has 0 aromatic carbocycles. The second-order valence-corrected chi connectivity index (χ2v) is 10.7. The summed E-state index contributed by atoms with van der Waals surface area (Å²) in [4.78, 5) is 10.8. The van der Waals surface area contributed by atoms with E-state index in [1.807, 2.05) is 0 Å². The quantitative estimate of drug-likeness (QED) is 0.209. The fourth-order valence-corrected chi connectivity index (χ4v) is 4.67. The predicted octanol–water partition coefficient (Wildman–Crippen LogP) is 7.77. The highest BCUT2D eigenvalue weighted by molar-refractivity contribution is 5.66. The van der Waals surface area contributed by atoms with E-state index in [2.05, 4.69) is 53.7 Å². The molecule has 0 N–H and O–H groups in total. The summed E-state index contributed by atoms with van der Waals surface area (Å²) in [6.45, 7) is 16.1. The van der Waals surface area contributed by atoms with E-state index in [1.165, 1.54) is 61.0 Å². The second-order valence-electron chi connectivity index (χ2n) is 10.7. The van der Waals surface area contributed by atoms with Gasteiger partial charge in [0, 0.05) is 5.97 Å². The maximum absolute atomic E-state index is 10.8. The van der Waals surface area contributed by atoms with E-state index >= 15 is 0 Å². The number of carboxylic acid groups (broad SMARTS) is 1. The molecule has 0 bridgehead atoms. The van der Waals surface area contributed by atoms with Crippen LogP contribution in [0.15, 0.2) is 34.6 Å². The second kappa shape index (κ2) is 16.2. The average Bonchev–Trinajstić information content (AvgIpc) is 2.76. The van der Waals surface area contributed by atoms with Crippen LogP contribution >= 0.6 is 0 Å². The molecule has 0 radical (unpaired) electrons. The first-order valence-corrected chi connectivity index (χ1v) is 13.5. The van der Waals surface area contributed by atoms with Crippen molar-refractivity contribution in [1.82, 2.24) is 0 Å². The van der Waals surface area contributed by atoms with Gasteiger partial charge >= 0.3 is 0 Å². The lowest BCUT2D eigenvalue weighted by Crippen LogP contribution is -2.29. The lowest BCUT2D eigenvalue weighted by atomic mass is 9.86. The fourth-order valence-electron chi connectivity index (χ4n) is 4.67. The molecule has 0 spiro atoms. The number of carbonyl (C=O) groups excluding carboxylic acids is 1. The lowest BCUT2D eigenvalue weighted by Gasteiger charge is -2.25. The Hall–Kier alpha value is -1.51. The van der Waals surface area contributed by atoms with Crippen LogP contribution in [-0.4, -0.2) is 12.6 Å². The number of allylic oxidation sites excluding steroid dienone is 5. The number of aliphatic carboxylic acids is 1. The highest BCUT2D eigenvalue weighted by Gasteiger charge is 2.20. The van der Waals surface area contributed by atoms with Crippen LogP contribution in [0.4, 0.5) is 0 Å². The summed E-state index contributed by atoms with van der Waals surface area (Å²) in [5, 5.41) is 10.8. The number of carbonyl (C=O) groups is 1. The van der Waals surface area contributed by atoms with Crippen LogP contribution in [0, 0.1) is 23.7 Å². The third-order valence-corrected chi connectivity index (χ3v) is 7.46. The smallest absolute Gasteiger partial charge is 0.121 e. The van der Waals surface area contributed by atoms with Crippen molar-refractivity contribution in [2.45, 2.75) is 119 Å². The Kier molecular flexibility index (Phi) is 14.5. The molecule has 0 aromatic rings. The minimum Gasteiger partial charge on any atom is -0.550 e. The Balaban J connectivity index is 2.21. The molecular formula is C30H51O3-. The Labute approximate surface area is 204 Å². The summed E-state index contributed by atoms with van der Waals surface area (Å²) in [5.74, 6) is 2.02. The molecule has 0 aromatic heterocycles. The van der Waals surface area contributed by atoms with Crippen LogP contribution in [-0.2, 0) is 9.53 Å². The topological polar surface area (TPSA) is 49.4 Å². The standard InChI is InChI=1S/C30H52O3/c1-8-33-29-27(7)25(5)19-21-28(29)20-18-24(4)15-10-14-22(2)12-9-13-23(3)16-11-17-26(6)30(31)32/h16,21-22,24-26H,8-15,17-20H2,1-7H3,(H,31,32)/p-1/b23-16+. The van der Waals surface area contributed by atoms with E-state index in [1.54, 1.807) is 6.92 Å². The molecule has 3 nitrogen and oxygen atoms in total. The normalized spacial score (nSPS) is 19.8. The molecule has 1 aliphatic rings. The molecule has 0 heterocycles. The van der Waals surface area contributed by atoms with Gasteiger partial charge in [0.25, 0.3) is 0 Å². The third kappa shape index (κ3) is 12.0. The summed E-state index contributed by atoms with van der Waals surface area (Å²) in [6, 6.07) is 0. The van der Waals surface area contributed by atoms with Crippen molar-refractivity contribution in [1.29, 1.82) is 0 Å². The molecule has 0 aliphatic heterocycles. The number of rotatable bonds is 17. The van der Waals surface area contributed by atoms with E-state index in [0.717, 1.165) is 44.1 Å². The average molecular weight is 460 g/mol. The molecule has 0 fully saturated rings. The van der Waals surface area contributed by atoms with E-state index in [4.69, 9.17) is 4.74 Å². The largest absolute Gasteiger partial charge is 0.550 e. The van der Waals surface area contributed by atoms with Gasteiger partial charge in [-0.25, -0.2) is 0 Å². The molecule has 0 amide bonds. The van der Waals surface area contributed by atoms with Gasteiger partial charge in [-0.3, -0.25) is 0 Å². The van der Waals surface area contributed by atoms with E-state index < -0.39 is 5.97 Å². The van der Waals surface area contributed by atoms with Crippen molar-refractivity contribution in [3.05, 3.63) is 34.6 Å². The molecular weight excluding hydrogens is 408 g/mol. The summed E-state index contributed by atoms with van der Waals surface area (Å²) >= 11 is 0. The van der Waals surface area contributed by atoms with E-state index in [-0.39, 0.29) is 5.92 Å². The van der Waals surface area contributed by atoms with Crippen LogP contribution in [0.3, 0.4) is 0 Å². The van der Waals surface area contributed by atoms with Gasteiger partial charge in [0.05, 0.1) is 6.61 Å². The van der Waals surface area contributed by atoms with Gasteiger partial charge in [-0.2, -0.15) is 0 Å². The van der Waals surface area contributed by atoms with Gasteiger partial charge < -0.3 is 14.6 Å². The van der Waals surface area contributed by atoms with Gasteiger partial charge in [0.2, 0.25) is 0 Å². The lowest BCUT2D eigenvalue weighted by molar-refractivity contribution is -0.311. The molecule has 1 rings (SSSR count). The molecule has 0 saturated heterocycles. The molecule has 190 valence electrons. The Bertz CT molecular complexity index is 670. The van der Waals surface area contributed by atoms with Crippen molar-refractivity contribution in [2.24, 2.45) is 23.7 Å². The van der Waals surface area contributed by atoms with Crippen molar-refractivity contribution in [3.8, 4) is 0 Å². The third-order valence-electron chi connectivity index (χ3n) is 7.46. The first kappa shape index (κ1) is 29.5. The summed E-state index contributed by atoms with van der Waals surface area (Å²) in [6.07, 6.45) is 17.3. The monoisotopic (exact) mass is 459 g/mol. The van der Waals surface area contributed by atoms with Crippen LogP contribution in [0.1, 0.15) is 119 Å². The van der Waals surface area contributed by atoms with Crippen LogP contribution in [0.25, 0.3) is 0 Å². The minimum atomic E-state index is -0.938. The van der Waals surface area contributed by atoms with Gasteiger partial charge in [-0.15, -0.1) is 0 Å². The van der Waals surface area contributed by atoms with Gasteiger partial charge in [-0.05, 0) is 101 Å². The fraction of sp³-hybridized carbons (Fsp3) is 0.767. The summed E-state index contributed by atoms with van der Waals surface area (Å²) < 4.78 is 6.00. The number of hydrogen-bond acceptors (Lipinski definition) is 3. The van der Waals surface area contributed by atoms with Crippen LogP contribution in [0.5, 0.6) is 0 Å². The van der Waals surface area contributed by atoms with Crippen molar-refractivity contribution >= 4 is 5.97 Å². The predicted molar refractivity (Wildman–Crippen MR) is 139 cm³/mol. The molecule has 3 heteroatoms. The SMILES string of the molecule is CCOC1=C(C)C(C)CC=C1CCC(C)CCCC(C)CCC/C(C)=C/CCC(C)C(=O)[O-]. The number of hydrogen-bond donors (Lipinski definition) is 0. The molecule has 0 saturated carbocycles. The number of ether oxygens (including phenoxy) is 1. The van der Waals surface area contributed by atoms with Gasteiger partial charge in [0.1, 0.15) is 5.76 Å². The van der Waals surface area contributed by atoms with Crippen molar-refractivity contribution in [3.63, 3.8) is 0 Å². The zero-order valence-corrected chi connectivity index (χ0v) is 22.7.